The van der Waals surface area contributed by atoms with Crippen LogP contribution in [0, 0.1) is 6.92 Å². The van der Waals surface area contributed by atoms with Crippen LogP contribution >= 0.6 is 11.6 Å². The molecule has 0 unspecified atom stereocenters. The van der Waals surface area contributed by atoms with Gasteiger partial charge in [-0.3, -0.25) is 0 Å². The van der Waals surface area contributed by atoms with Crippen molar-refractivity contribution in [1.82, 2.24) is 15.0 Å². The molecule has 4 rings (SSSR count). The van der Waals surface area contributed by atoms with Gasteiger partial charge in [0.1, 0.15) is 11.8 Å². The maximum absolute atomic E-state index is 13.1. The summed E-state index contributed by atoms with van der Waals surface area (Å²) in [5.74, 6) is 0. The van der Waals surface area contributed by atoms with E-state index < -0.39 is 11.7 Å². The summed E-state index contributed by atoms with van der Waals surface area (Å²) in [6.07, 6.45) is -3.07. The molecule has 2 heterocycles. The first kappa shape index (κ1) is 16.7. The van der Waals surface area contributed by atoms with Crippen molar-refractivity contribution < 1.29 is 13.2 Å². The number of rotatable bonds is 2. The lowest BCUT2D eigenvalue weighted by molar-refractivity contribution is -0.137. The van der Waals surface area contributed by atoms with Crippen molar-refractivity contribution in [3.63, 3.8) is 0 Å². The van der Waals surface area contributed by atoms with Gasteiger partial charge in [-0.15, -0.1) is 0 Å². The minimum absolute atomic E-state index is 0.283. The fourth-order valence-electron chi connectivity index (χ4n) is 2.95. The normalized spacial score (nSPS) is 12.0. The number of H-pyrrole nitrogens is 1. The number of hydrogen-bond donors (Lipinski definition) is 2. The van der Waals surface area contributed by atoms with E-state index in [4.69, 9.17) is 11.6 Å². The molecule has 2 aromatic carbocycles. The van der Waals surface area contributed by atoms with Gasteiger partial charge in [0.25, 0.3) is 0 Å². The number of alkyl halides is 3. The summed E-state index contributed by atoms with van der Waals surface area (Å²) < 4.78 is 39.3. The predicted octanol–water partition coefficient (Wildman–Crippen LogP) is 5.84. The molecule has 0 fully saturated rings. The molecule has 0 bridgehead atoms. The molecule has 0 atom stereocenters. The van der Waals surface area contributed by atoms with Gasteiger partial charge in [-0.2, -0.15) is 13.2 Å². The van der Waals surface area contributed by atoms with E-state index in [1.807, 2.05) is 25.1 Å². The molecule has 0 radical (unpaired) electrons. The molecule has 0 aliphatic rings. The van der Waals surface area contributed by atoms with Gasteiger partial charge in [0.15, 0.2) is 0 Å². The van der Waals surface area contributed by atoms with Crippen molar-refractivity contribution in [2.24, 2.45) is 0 Å². The number of aryl methyl sites for hydroxylation is 1. The zero-order valence-corrected chi connectivity index (χ0v) is 14.2. The second-order valence-electron chi connectivity index (χ2n) is 5.91. The van der Waals surface area contributed by atoms with Crippen molar-refractivity contribution in [2.75, 3.05) is 5.32 Å². The third-order valence-corrected chi connectivity index (χ3v) is 4.38. The molecule has 0 aliphatic carbocycles. The van der Waals surface area contributed by atoms with E-state index in [0.29, 0.717) is 16.7 Å². The number of pyridine rings is 1. The summed E-state index contributed by atoms with van der Waals surface area (Å²) in [7, 11) is 0. The second-order valence-corrected chi connectivity index (χ2v) is 6.32. The quantitative estimate of drug-likeness (QED) is 0.462. The molecule has 0 spiro atoms. The first-order chi connectivity index (χ1) is 12.3. The Labute approximate surface area is 151 Å². The minimum atomic E-state index is -4.53. The average Bonchev–Trinajstić information content (AvgIpc) is 3.03. The number of benzene rings is 2. The number of hydrogen-bond acceptors (Lipinski definition) is 3. The summed E-state index contributed by atoms with van der Waals surface area (Å²) in [6, 6.07) is 9.26. The summed E-state index contributed by atoms with van der Waals surface area (Å²) >= 11 is 5.70. The van der Waals surface area contributed by atoms with Crippen LogP contribution in [-0.2, 0) is 6.18 Å². The fourth-order valence-corrected chi connectivity index (χ4v) is 3.18. The van der Waals surface area contributed by atoms with Gasteiger partial charge in [0.2, 0.25) is 0 Å². The number of anilines is 2. The van der Waals surface area contributed by atoms with Crippen LogP contribution in [0.3, 0.4) is 0 Å². The van der Waals surface area contributed by atoms with Crippen LogP contribution in [0.15, 0.2) is 42.7 Å². The van der Waals surface area contributed by atoms with Crippen LogP contribution in [0.25, 0.3) is 21.9 Å². The maximum Gasteiger partial charge on any atom is 0.417 e. The highest BCUT2D eigenvalue weighted by atomic mass is 35.5. The summed E-state index contributed by atoms with van der Waals surface area (Å²) in [5.41, 5.74) is 3.08. The Kier molecular flexibility index (Phi) is 3.77. The van der Waals surface area contributed by atoms with Gasteiger partial charge in [0.05, 0.1) is 21.8 Å². The zero-order chi connectivity index (χ0) is 18.5. The van der Waals surface area contributed by atoms with Gasteiger partial charge >= 0.3 is 6.18 Å². The molecule has 4 nitrogen and oxygen atoms in total. The first-order valence-electron chi connectivity index (χ1n) is 7.70. The highest BCUT2D eigenvalue weighted by Gasteiger charge is 2.33. The van der Waals surface area contributed by atoms with E-state index in [9.17, 15) is 13.2 Å². The van der Waals surface area contributed by atoms with Crippen molar-refractivity contribution >= 4 is 44.9 Å². The van der Waals surface area contributed by atoms with E-state index in [-0.39, 0.29) is 10.7 Å². The Balaban J connectivity index is 1.89. The maximum atomic E-state index is 13.1. The molecule has 0 amide bonds. The summed E-state index contributed by atoms with van der Waals surface area (Å²) in [4.78, 5) is 11.7. The highest BCUT2D eigenvalue weighted by molar-refractivity contribution is 6.31. The van der Waals surface area contributed by atoms with E-state index in [1.165, 1.54) is 18.5 Å². The number of aromatic amines is 1. The van der Waals surface area contributed by atoms with Crippen molar-refractivity contribution in [3.8, 4) is 0 Å². The van der Waals surface area contributed by atoms with Gasteiger partial charge < -0.3 is 10.3 Å². The fraction of sp³-hybridized carbons (Fsp3) is 0.111. The van der Waals surface area contributed by atoms with Crippen molar-refractivity contribution in [3.05, 3.63) is 59.0 Å². The van der Waals surface area contributed by atoms with E-state index in [0.717, 1.165) is 22.7 Å². The molecule has 0 saturated carbocycles. The van der Waals surface area contributed by atoms with Crippen LogP contribution in [-0.4, -0.2) is 15.0 Å². The summed E-state index contributed by atoms with van der Waals surface area (Å²) in [6.45, 7) is 1.87. The molecule has 2 N–H and O–H groups in total. The number of halogens is 4. The number of aromatic nitrogens is 3. The number of imidazole rings is 1. The molecule has 2 aromatic heterocycles. The van der Waals surface area contributed by atoms with E-state index >= 15 is 0 Å². The molecular weight excluding hydrogens is 365 g/mol. The molecule has 26 heavy (non-hydrogen) atoms. The van der Waals surface area contributed by atoms with Crippen molar-refractivity contribution in [1.29, 1.82) is 0 Å². The highest BCUT2D eigenvalue weighted by Crippen LogP contribution is 2.38. The lowest BCUT2D eigenvalue weighted by atomic mass is 10.1. The van der Waals surface area contributed by atoms with E-state index in [1.54, 1.807) is 0 Å². The first-order valence-corrected chi connectivity index (χ1v) is 8.07. The van der Waals surface area contributed by atoms with Crippen molar-refractivity contribution in [2.45, 2.75) is 13.1 Å². The smallest absolute Gasteiger partial charge is 0.358 e. The molecule has 8 heteroatoms. The van der Waals surface area contributed by atoms with Crippen LogP contribution in [0.5, 0.6) is 0 Å². The number of nitrogens with zero attached hydrogens (tertiary/aromatic N) is 2. The van der Waals surface area contributed by atoms with Gasteiger partial charge in [0, 0.05) is 22.3 Å². The minimum Gasteiger partial charge on any atom is -0.358 e. The van der Waals surface area contributed by atoms with E-state index in [2.05, 4.69) is 20.3 Å². The van der Waals surface area contributed by atoms with Crippen LogP contribution in [0.1, 0.15) is 11.3 Å². The third kappa shape index (κ3) is 2.84. The van der Waals surface area contributed by atoms with Gasteiger partial charge in [-0.25, -0.2) is 9.97 Å². The molecule has 0 aliphatic heterocycles. The predicted molar refractivity (Wildman–Crippen MR) is 95.9 cm³/mol. The largest absolute Gasteiger partial charge is 0.417 e. The molecule has 132 valence electrons. The Morgan fingerprint density at radius 2 is 1.88 bits per heavy atom. The van der Waals surface area contributed by atoms with Crippen LogP contribution in [0.2, 0.25) is 5.02 Å². The van der Waals surface area contributed by atoms with Gasteiger partial charge in [-0.05, 0) is 43.3 Å². The zero-order valence-electron chi connectivity index (χ0n) is 13.4. The van der Waals surface area contributed by atoms with Gasteiger partial charge in [-0.1, -0.05) is 11.6 Å². The SMILES string of the molecule is Cc1cc(Nc2ccc(Cl)c(C(F)(F)F)c2)c2c(ccc3ncnc32)[nH]1. The van der Waals surface area contributed by atoms with Crippen LogP contribution in [0.4, 0.5) is 24.5 Å². The molecule has 0 saturated heterocycles. The topological polar surface area (TPSA) is 53.6 Å². The Bertz CT molecular complexity index is 1130. The summed E-state index contributed by atoms with van der Waals surface area (Å²) in [5, 5.41) is 3.48. The standard InChI is InChI=1S/C18H12ClF3N4/c1-9-6-15(16-13(25-9)4-5-14-17(16)24-8-23-14)26-10-2-3-12(19)11(7-10)18(20,21)22/h2-8,25-26H,1H3. The average molecular weight is 377 g/mol. The third-order valence-electron chi connectivity index (χ3n) is 4.05. The Morgan fingerprint density at radius 3 is 2.65 bits per heavy atom. The van der Waals surface area contributed by atoms with Crippen LogP contribution < -0.4 is 5.32 Å². The number of fused-ring (bicyclic) bond motifs is 3. The monoisotopic (exact) mass is 376 g/mol. The Hall–Kier alpha value is -2.80. The second kappa shape index (κ2) is 5.88. The lowest BCUT2D eigenvalue weighted by Crippen LogP contribution is -2.06. The molecular formula is C18H12ClF3N4. The Morgan fingerprint density at radius 1 is 1.08 bits per heavy atom. The molecule has 4 aromatic rings. The number of nitrogens with one attached hydrogen (secondary N) is 2. The lowest BCUT2D eigenvalue weighted by Gasteiger charge is -2.15.